The number of aromatic amines is 1. The van der Waals surface area contributed by atoms with E-state index in [9.17, 15) is 9.59 Å². The van der Waals surface area contributed by atoms with Crippen LogP contribution in [0.1, 0.15) is 24.8 Å². The molecule has 138 valence electrons. The van der Waals surface area contributed by atoms with E-state index in [1.807, 2.05) is 0 Å². The zero-order valence-electron chi connectivity index (χ0n) is 14.7. The Hall–Kier alpha value is -1.92. The first kappa shape index (κ1) is 18.9. The first-order chi connectivity index (χ1) is 12.6. The van der Waals surface area contributed by atoms with Crippen molar-refractivity contribution in [3.8, 4) is 0 Å². The Labute approximate surface area is 161 Å². The van der Waals surface area contributed by atoms with Crippen LogP contribution in [0.25, 0.3) is 0 Å². The molecule has 0 saturated carbocycles. The number of nitrogens with zero attached hydrogens (tertiary/aromatic N) is 1. The molecule has 1 aromatic carbocycles. The quantitative estimate of drug-likeness (QED) is 0.756. The molecule has 0 unspecified atom stereocenters. The maximum Gasteiger partial charge on any atom is 0.248 e. The van der Waals surface area contributed by atoms with Gasteiger partial charge in [0.15, 0.2) is 0 Å². The number of H-pyrrole nitrogens is 1. The second kappa shape index (κ2) is 9.14. The van der Waals surface area contributed by atoms with E-state index in [1.165, 1.54) is 30.7 Å². The van der Waals surface area contributed by atoms with Crippen LogP contribution in [-0.4, -0.2) is 35.4 Å². The lowest BCUT2D eigenvalue weighted by atomic mass is 9.90. The number of likely N-dealkylation sites (tertiary alicyclic amines) is 1. The van der Waals surface area contributed by atoms with Crippen molar-refractivity contribution in [2.75, 3.05) is 25.0 Å². The van der Waals surface area contributed by atoms with Crippen LogP contribution in [-0.2, 0) is 11.2 Å². The second-order valence-electron chi connectivity index (χ2n) is 6.86. The van der Waals surface area contributed by atoms with E-state index >= 15 is 0 Å². The van der Waals surface area contributed by atoms with Crippen molar-refractivity contribution in [2.24, 2.45) is 5.92 Å². The number of hydrogen-bond donors (Lipinski definition) is 2. The molecule has 26 heavy (non-hydrogen) atoms. The Morgan fingerprint density at radius 2 is 1.88 bits per heavy atom. The maximum absolute atomic E-state index is 12.0. The van der Waals surface area contributed by atoms with Gasteiger partial charge in [0.25, 0.3) is 0 Å². The molecule has 1 fully saturated rings. The molecule has 6 heteroatoms. The van der Waals surface area contributed by atoms with Crippen molar-refractivity contribution in [1.29, 1.82) is 0 Å². The lowest BCUT2D eigenvalue weighted by molar-refractivity contribution is -0.116. The number of carbonyl (C=O) groups is 1. The smallest absolute Gasteiger partial charge is 0.248 e. The normalized spacial score (nSPS) is 15.7. The first-order valence-corrected chi connectivity index (χ1v) is 9.83. The van der Waals surface area contributed by atoms with E-state index in [2.05, 4.69) is 55.4 Å². The topological polar surface area (TPSA) is 65.2 Å². The molecule has 0 radical (unpaired) electrons. The molecule has 1 amide bonds. The number of rotatable bonds is 6. The van der Waals surface area contributed by atoms with E-state index in [-0.39, 0.29) is 11.5 Å². The van der Waals surface area contributed by atoms with Gasteiger partial charge in [0.2, 0.25) is 11.5 Å². The van der Waals surface area contributed by atoms with Gasteiger partial charge < -0.3 is 15.2 Å². The van der Waals surface area contributed by atoms with Gasteiger partial charge in [0, 0.05) is 29.7 Å². The molecule has 5 nitrogen and oxygen atoms in total. The summed E-state index contributed by atoms with van der Waals surface area (Å²) in [4.78, 5) is 28.0. The summed E-state index contributed by atoms with van der Waals surface area (Å²) in [5.74, 6) is 0.705. The van der Waals surface area contributed by atoms with Gasteiger partial charge in [-0.15, -0.1) is 0 Å². The Bertz CT molecular complexity index is 760. The molecule has 0 spiro atoms. The summed E-state index contributed by atoms with van der Waals surface area (Å²) in [7, 11) is 0. The van der Waals surface area contributed by atoms with Gasteiger partial charge in [0.1, 0.15) is 0 Å². The standard InChI is InChI=1S/C20H24BrN3O2/c21-17-3-1-15(2-4-17)13-16-7-10-24(11-8-16)12-9-20(26)23-18-5-6-19(25)22-14-18/h1-6,14,16H,7-13H2,(H,22,25)(H,23,26). The Morgan fingerprint density at radius 1 is 1.15 bits per heavy atom. The van der Waals surface area contributed by atoms with Gasteiger partial charge in [-0.1, -0.05) is 28.1 Å². The molecule has 1 aliphatic heterocycles. The fourth-order valence-electron chi connectivity index (χ4n) is 3.34. The molecule has 0 aliphatic carbocycles. The summed E-state index contributed by atoms with van der Waals surface area (Å²) < 4.78 is 1.12. The third-order valence-electron chi connectivity index (χ3n) is 4.87. The van der Waals surface area contributed by atoms with Crippen LogP contribution < -0.4 is 10.9 Å². The lowest BCUT2D eigenvalue weighted by Gasteiger charge is -2.31. The van der Waals surface area contributed by atoms with E-state index < -0.39 is 0 Å². The maximum atomic E-state index is 12.0. The minimum atomic E-state index is -0.172. The molecular weight excluding hydrogens is 394 g/mol. The number of pyridine rings is 1. The number of carbonyl (C=O) groups excluding carboxylic acids is 1. The summed E-state index contributed by atoms with van der Waals surface area (Å²) in [6, 6.07) is 11.6. The fourth-order valence-corrected chi connectivity index (χ4v) is 3.60. The minimum absolute atomic E-state index is 0.0194. The molecule has 1 saturated heterocycles. The summed E-state index contributed by atoms with van der Waals surface area (Å²) in [5, 5.41) is 2.82. The highest BCUT2D eigenvalue weighted by molar-refractivity contribution is 9.10. The molecule has 1 aromatic heterocycles. The molecular formula is C20H24BrN3O2. The number of hydrogen-bond acceptors (Lipinski definition) is 3. The number of amides is 1. The van der Waals surface area contributed by atoms with Crippen LogP contribution >= 0.6 is 15.9 Å². The SMILES string of the molecule is O=C(CCN1CCC(Cc2ccc(Br)cc2)CC1)Nc1ccc(=O)[nH]c1. The van der Waals surface area contributed by atoms with Crippen molar-refractivity contribution in [2.45, 2.75) is 25.7 Å². The van der Waals surface area contributed by atoms with Gasteiger partial charge in [0.05, 0.1) is 5.69 Å². The predicted molar refractivity (Wildman–Crippen MR) is 107 cm³/mol. The van der Waals surface area contributed by atoms with Gasteiger partial charge in [-0.25, -0.2) is 0 Å². The Kier molecular flexibility index (Phi) is 6.63. The zero-order valence-corrected chi connectivity index (χ0v) is 16.3. The van der Waals surface area contributed by atoms with Crippen molar-refractivity contribution < 1.29 is 4.79 Å². The number of benzene rings is 1. The predicted octanol–water partition coefficient (Wildman–Crippen LogP) is 3.42. The third-order valence-corrected chi connectivity index (χ3v) is 5.40. The average molecular weight is 418 g/mol. The summed E-state index contributed by atoms with van der Waals surface area (Å²) in [6.45, 7) is 2.88. The van der Waals surface area contributed by atoms with E-state index in [0.717, 1.165) is 36.4 Å². The zero-order chi connectivity index (χ0) is 18.4. The van der Waals surface area contributed by atoms with Crippen LogP contribution in [0.5, 0.6) is 0 Å². The summed E-state index contributed by atoms with van der Waals surface area (Å²) >= 11 is 3.48. The highest BCUT2D eigenvalue weighted by Crippen LogP contribution is 2.22. The van der Waals surface area contributed by atoms with Crippen molar-refractivity contribution in [3.05, 3.63) is 63.0 Å². The number of aromatic nitrogens is 1. The molecule has 1 aliphatic rings. The number of nitrogens with one attached hydrogen (secondary N) is 2. The summed E-state index contributed by atoms with van der Waals surface area (Å²) in [6.07, 6.45) is 5.48. The van der Waals surface area contributed by atoms with Gasteiger partial charge in [-0.2, -0.15) is 0 Å². The molecule has 2 heterocycles. The molecule has 0 atom stereocenters. The first-order valence-electron chi connectivity index (χ1n) is 9.04. The number of halogens is 1. The molecule has 2 aromatic rings. The van der Waals surface area contributed by atoms with E-state index in [0.29, 0.717) is 12.1 Å². The molecule has 0 bridgehead atoms. The van der Waals surface area contributed by atoms with Gasteiger partial charge in [-0.3, -0.25) is 9.59 Å². The summed E-state index contributed by atoms with van der Waals surface area (Å²) in [5.41, 5.74) is 1.85. The second-order valence-corrected chi connectivity index (χ2v) is 7.77. The monoisotopic (exact) mass is 417 g/mol. The van der Waals surface area contributed by atoms with Crippen molar-refractivity contribution in [1.82, 2.24) is 9.88 Å². The largest absolute Gasteiger partial charge is 0.327 e. The van der Waals surface area contributed by atoms with E-state index in [1.54, 1.807) is 6.07 Å². The third kappa shape index (κ3) is 5.81. The number of piperidine rings is 1. The van der Waals surface area contributed by atoms with Crippen molar-refractivity contribution >= 4 is 27.5 Å². The van der Waals surface area contributed by atoms with Crippen LogP contribution in [0, 0.1) is 5.92 Å². The van der Waals surface area contributed by atoms with Gasteiger partial charge >= 0.3 is 0 Å². The lowest BCUT2D eigenvalue weighted by Crippen LogP contribution is -2.36. The van der Waals surface area contributed by atoms with Crippen LogP contribution in [0.4, 0.5) is 5.69 Å². The van der Waals surface area contributed by atoms with Crippen LogP contribution in [0.2, 0.25) is 0 Å². The minimum Gasteiger partial charge on any atom is -0.327 e. The highest BCUT2D eigenvalue weighted by Gasteiger charge is 2.19. The Morgan fingerprint density at radius 3 is 2.54 bits per heavy atom. The molecule has 2 N–H and O–H groups in total. The van der Waals surface area contributed by atoms with Crippen molar-refractivity contribution in [3.63, 3.8) is 0 Å². The van der Waals surface area contributed by atoms with Crippen LogP contribution in [0.3, 0.4) is 0 Å². The Balaban J connectivity index is 1.37. The fraction of sp³-hybridized carbons (Fsp3) is 0.400. The molecule has 3 rings (SSSR count). The average Bonchev–Trinajstić information content (AvgIpc) is 2.65. The highest BCUT2D eigenvalue weighted by atomic mass is 79.9. The number of anilines is 1. The van der Waals surface area contributed by atoms with E-state index in [4.69, 9.17) is 0 Å². The van der Waals surface area contributed by atoms with Crippen LogP contribution in [0.15, 0.2) is 51.9 Å². The van der Waals surface area contributed by atoms with Gasteiger partial charge in [-0.05, 0) is 62.0 Å².